The van der Waals surface area contributed by atoms with Gasteiger partial charge in [-0.25, -0.2) is 4.98 Å². The number of benzene rings is 2. The van der Waals surface area contributed by atoms with E-state index < -0.39 is 0 Å². The Balaban J connectivity index is 1.38. The SMILES string of the molecule is CN1C(=O)c2ccc(Nc3nccc(Nc4cnc5ccccc5c4)n3)cc2C1=O. The summed E-state index contributed by atoms with van der Waals surface area (Å²) in [6.45, 7) is 0. The Kier molecular flexibility index (Phi) is 4.10. The van der Waals surface area contributed by atoms with Gasteiger partial charge in [-0.15, -0.1) is 0 Å². The first-order chi connectivity index (χ1) is 14.6. The average molecular weight is 396 g/mol. The van der Waals surface area contributed by atoms with Crippen LogP contribution in [0, 0.1) is 0 Å². The fourth-order valence-electron chi connectivity index (χ4n) is 3.34. The highest BCUT2D eigenvalue weighted by atomic mass is 16.2. The number of carbonyl (C=O) groups excluding carboxylic acids is 2. The van der Waals surface area contributed by atoms with Gasteiger partial charge in [-0.1, -0.05) is 18.2 Å². The van der Waals surface area contributed by atoms with Crippen LogP contribution in [0.5, 0.6) is 0 Å². The molecule has 0 bridgehead atoms. The normalized spacial score (nSPS) is 12.9. The number of pyridine rings is 1. The van der Waals surface area contributed by atoms with E-state index >= 15 is 0 Å². The summed E-state index contributed by atoms with van der Waals surface area (Å²) in [7, 11) is 1.47. The van der Waals surface area contributed by atoms with Crippen LogP contribution in [0.15, 0.2) is 67.0 Å². The van der Waals surface area contributed by atoms with Gasteiger partial charge in [-0.2, -0.15) is 4.98 Å². The van der Waals surface area contributed by atoms with E-state index in [1.165, 1.54) is 7.05 Å². The molecule has 2 amide bonds. The molecular weight excluding hydrogens is 380 g/mol. The largest absolute Gasteiger partial charge is 0.339 e. The third kappa shape index (κ3) is 3.10. The second kappa shape index (κ2) is 6.93. The summed E-state index contributed by atoms with van der Waals surface area (Å²) in [4.78, 5) is 38.4. The van der Waals surface area contributed by atoms with Crippen LogP contribution < -0.4 is 10.6 Å². The van der Waals surface area contributed by atoms with E-state index in [0.717, 1.165) is 21.5 Å². The van der Waals surface area contributed by atoms with Gasteiger partial charge >= 0.3 is 0 Å². The van der Waals surface area contributed by atoms with Crippen molar-refractivity contribution in [1.29, 1.82) is 0 Å². The third-order valence-electron chi connectivity index (χ3n) is 4.86. The van der Waals surface area contributed by atoms with E-state index in [2.05, 4.69) is 25.6 Å². The maximum Gasteiger partial charge on any atom is 0.261 e. The molecule has 146 valence electrons. The van der Waals surface area contributed by atoms with Crippen LogP contribution in [0.25, 0.3) is 10.9 Å². The van der Waals surface area contributed by atoms with Crippen LogP contribution in [0.4, 0.5) is 23.1 Å². The minimum atomic E-state index is -0.321. The Morgan fingerprint density at radius 3 is 2.57 bits per heavy atom. The van der Waals surface area contributed by atoms with Gasteiger partial charge in [-0.05, 0) is 36.4 Å². The summed E-state index contributed by atoms with van der Waals surface area (Å²) >= 11 is 0. The highest BCUT2D eigenvalue weighted by Gasteiger charge is 2.32. The van der Waals surface area contributed by atoms with E-state index in [-0.39, 0.29) is 11.8 Å². The number of rotatable bonds is 4. The molecule has 8 heteroatoms. The molecule has 2 N–H and O–H groups in total. The minimum Gasteiger partial charge on any atom is -0.339 e. The summed E-state index contributed by atoms with van der Waals surface area (Å²) in [5.41, 5.74) is 3.11. The Morgan fingerprint density at radius 1 is 0.833 bits per heavy atom. The predicted octanol–water partition coefficient (Wildman–Crippen LogP) is 3.74. The zero-order valence-corrected chi connectivity index (χ0v) is 16.0. The maximum atomic E-state index is 12.2. The van der Waals surface area contributed by atoms with Crippen LogP contribution in [0.1, 0.15) is 20.7 Å². The molecule has 8 nitrogen and oxygen atoms in total. The van der Waals surface area contributed by atoms with Gasteiger partial charge in [-0.3, -0.25) is 19.5 Å². The van der Waals surface area contributed by atoms with Crippen LogP contribution in [0.2, 0.25) is 0 Å². The lowest BCUT2D eigenvalue weighted by Crippen LogP contribution is -2.24. The van der Waals surface area contributed by atoms with Gasteiger partial charge < -0.3 is 10.6 Å². The van der Waals surface area contributed by atoms with E-state index in [1.54, 1.807) is 36.7 Å². The summed E-state index contributed by atoms with van der Waals surface area (Å²) < 4.78 is 0. The first-order valence-electron chi connectivity index (χ1n) is 9.27. The second-order valence-corrected chi connectivity index (χ2v) is 6.86. The Bertz CT molecular complexity index is 1320. The van der Waals surface area contributed by atoms with Crippen molar-refractivity contribution in [1.82, 2.24) is 19.9 Å². The number of para-hydroxylation sites is 1. The van der Waals surface area contributed by atoms with Crippen LogP contribution in [-0.4, -0.2) is 38.7 Å². The quantitative estimate of drug-likeness (QED) is 0.507. The molecule has 2 aromatic carbocycles. The Labute approximate surface area is 171 Å². The number of hydrogen-bond donors (Lipinski definition) is 2. The number of aromatic nitrogens is 3. The molecular formula is C22H16N6O2. The molecule has 3 heterocycles. The van der Waals surface area contributed by atoms with Crippen molar-refractivity contribution in [3.05, 3.63) is 78.1 Å². The van der Waals surface area contributed by atoms with E-state index in [4.69, 9.17) is 0 Å². The van der Waals surface area contributed by atoms with E-state index in [1.807, 2.05) is 30.3 Å². The van der Waals surface area contributed by atoms with Crippen molar-refractivity contribution >= 4 is 45.9 Å². The molecule has 0 unspecified atom stereocenters. The molecule has 0 aliphatic carbocycles. The first kappa shape index (κ1) is 17.7. The number of hydrogen-bond acceptors (Lipinski definition) is 7. The number of fused-ring (bicyclic) bond motifs is 2. The van der Waals surface area contributed by atoms with Gasteiger partial charge in [0, 0.05) is 24.3 Å². The van der Waals surface area contributed by atoms with Crippen molar-refractivity contribution in [2.75, 3.05) is 17.7 Å². The molecule has 0 radical (unpaired) electrons. The van der Waals surface area contributed by atoms with Gasteiger partial charge in [0.15, 0.2) is 0 Å². The number of imide groups is 1. The van der Waals surface area contributed by atoms with Crippen LogP contribution >= 0.6 is 0 Å². The van der Waals surface area contributed by atoms with Crippen molar-refractivity contribution in [3.8, 4) is 0 Å². The Hall–Kier alpha value is -4.33. The molecule has 0 saturated carbocycles. The molecule has 1 aliphatic heterocycles. The van der Waals surface area contributed by atoms with Crippen molar-refractivity contribution in [2.45, 2.75) is 0 Å². The molecule has 1 aliphatic rings. The lowest BCUT2D eigenvalue weighted by atomic mass is 10.1. The topological polar surface area (TPSA) is 100 Å². The molecule has 2 aromatic heterocycles. The van der Waals surface area contributed by atoms with Crippen LogP contribution in [0.3, 0.4) is 0 Å². The fourth-order valence-corrected chi connectivity index (χ4v) is 3.34. The molecule has 0 atom stereocenters. The van der Waals surface area contributed by atoms with E-state index in [9.17, 15) is 9.59 Å². The van der Waals surface area contributed by atoms with Crippen molar-refractivity contribution in [2.24, 2.45) is 0 Å². The van der Waals surface area contributed by atoms with Crippen LogP contribution in [-0.2, 0) is 0 Å². The summed E-state index contributed by atoms with van der Waals surface area (Å²) in [6, 6.07) is 16.6. The number of carbonyl (C=O) groups is 2. The van der Waals surface area contributed by atoms with Gasteiger partial charge in [0.25, 0.3) is 11.8 Å². The lowest BCUT2D eigenvalue weighted by molar-refractivity contribution is 0.0693. The maximum absolute atomic E-state index is 12.2. The van der Waals surface area contributed by atoms with Crippen molar-refractivity contribution in [3.63, 3.8) is 0 Å². The zero-order chi connectivity index (χ0) is 20.7. The molecule has 0 saturated heterocycles. The van der Waals surface area contributed by atoms with Gasteiger partial charge in [0.1, 0.15) is 5.82 Å². The number of anilines is 4. The molecule has 30 heavy (non-hydrogen) atoms. The fraction of sp³-hybridized carbons (Fsp3) is 0.0455. The van der Waals surface area contributed by atoms with Gasteiger partial charge in [0.05, 0.1) is 28.5 Å². The zero-order valence-electron chi connectivity index (χ0n) is 16.0. The summed E-state index contributed by atoms with van der Waals surface area (Å²) in [6.07, 6.45) is 3.37. The second-order valence-electron chi connectivity index (χ2n) is 6.86. The smallest absolute Gasteiger partial charge is 0.261 e. The molecule has 0 fully saturated rings. The standard InChI is InChI=1S/C22H16N6O2/c1-28-20(29)16-7-6-14(11-17(16)21(28)30)26-22-23-9-8-19(27-22)25-15-10-13-4-2-3-5-18(13)24-12-15/h2-12H,1H3,(H2,23,25,26,27). The summed E-state index contributed by atoms with van der Waals surface area (Å²) in [5, 5.41) is 7.33. The van der Waals surface area contributed by atoms with Gasteiger partial charge in [0.2, 0.25) is 5.95 Å². The molecule has 4 aromatic rings. The first-order valence-corrected chi connectivity index (χ1v) is 9.27. The average Bonchev–Trinajstić information content (AvgIpc) is 2.98. The van der Waals surface area contributed by atoms with E-state index in [0.29, 0.717) is 28.6 Å². The highest BCUT2D eigenvalue weighted by Crippen LogP contribution is 2.26. The monoisotopic (exact) mass is 396 g/mol. The number of nitrogens with one attached hydrogen (secondary N) is 2. The highest BCUT2D eigenvalue weighted by molar-refractivity contribution is 6.21. The minimum absolute atomic E-state index is 0.298. The Morgan fingerprint density at radius 2 is 1.67 bits per heavy atom. The number of amides is 2. The lowest BCUT2D eigenvalue weighted by Gasteiger charge is -2.09. The predicted molar refractivity (Wildman–Crippen MR) is 113 cm³/mol. The molecule has 5 rings (SSSR count). The van der Waals surface area contributed by atoms with Crippen molar-refractivity contribution < 1.29 is 9.59 Å². The molecule has 0 spiro atoms. The third-order valence-corrected chi connectivity index (χ3v) is 4.86. The summed E-state index contributed by atoms with van der Waals surface area (Å²) in [5.74, 6) is 0.335. The number of nitrogens with zero attached hydrogens (tertiary/aromatic N) is 4.